The fourth-order valence-corrected chi connectivity index (χ4v) is 1.57. The second kappa shape index (κ2) is 3.55. The van der Waals surface area contributed by atoms with Crippen molar-refractivity contribution in [1.82, 2.24) is 14.5 Å². The van der Waals surface area contributed by atoms with Crippen LogP contribution in [-0.4, -0.2) is 26.2 Å². The van der Waals surface area contributed by atoms with Crippen LogP contribution in [0, 0.1) is 0 Å². The molecule has 1 N–H and O–H groups in total. The van der Waals surface area contributed by atoms with E-state index in [1.165, 1.54) is 6.33 Å². The molecule has 4 nitrogen and oxygen atoms in total. The summed E-state index contributed by atoms with van der Waals surface area (Å²) in [4.78, 5) is 8.01. The normalized spacial score (nSPS) is 13.4. The molecule has 1 atom stereocenters. The molecule has 0 aliphatic heterocycles. The van der Waals surface area contributed by atoms with Crippen LogP contribution in [0.3, 0.4) is 0 Å². The maximum absolute atomic E-state index is 9.04. The van der Waals surface area contributed by atoms with Crippen LogP contribution >= 0.6 is 11.6 Å². The maximum Gasteiger partial charge on any atom is 0.145 e. The minimum absolute atomic E-state index is 0.00142. The van der Waals surface area contributed by atoms with Gasteiger partial charge in [0.1, 0.15) is 17.1 Å². The van der Waals surface area contributed by atoms with Crippen LogP contribution in [0.1, 0.15) is 13.0 Å². The Hall–Kier alpha value is -1.13. The van der Waals surface area contributed by atoms with Crippen molar-refractivity contribution in [2.75, 3.05) is 6.61 Å². The average molecular weight is 212 g/mol. The summed E-state index contributed by atoms with van der Waals surface area (Å²) in [6.45, 7) is 1.99. The van der Waals surface area contributed by atoms with Crippen molar-refractivity contribution in [2.45, 2.75) is 13.0 Å². The van der Waals surface area contributed by atoms with Crippen LogP contribution in [0.25, 0.3) is 11.0 Å². The van der Waals surface area contributed by atoms with Crippen LogP contribution in [0.2, 0.25) is 5.15 Å². The van der Waals surface area contributed by atoms with Gasteiger partial charge >= 0.3 is 0 Å². The Morgan fingerprint density at radius 2 is 2.36 bits per heavy atom. The van der Waals surface area contributed by atoms with Gasteiger partial charge in [0.05, 0.1) is 18.0 Å². The Morgan fingerprint density at radius 3 is 3.07 bits per heavy atom. The van der Waals surface area contributed by atoms with Crippen LogP contribution in [-0.2, 0) is 0 Å². The highest BCUT2D eigenvalue weighted by molar-refractivity contribution is 6.33. The number of aromatic nitrogens is 3. The van der Waals surface area contributed by atoms with Crippen molar-refractivity contribution in [3.05, 3.63) is 23.7 Å². The van der Waals surface area contributed by atoms with Gasteiger partial charge in [-0.2, -0.15) is 0 Å². The third-order valence-corrected chi connectivity index (χ3v) is 2.50. The third kappa shape index (κ3) is 1.36. The molecule has 2 rings (SSSR count). The SMILES string of the molecule is CC(CO)n1ccc2c(Cl)ncnc21. The van der Waals surface area contributed by atoms with E-state index in [0.717, 1.165) is 11.0 Å². The van der Waals surface area contributed by atoms with E-state index in [9.17, 15) is 0 Å². The Labute approximate surface area is 86.2 Å². The summed E-state index contributed by atoms with van der Waals surface area (Å²) in [7, 11) is 0. The standard InChI is InChI=1S/C9H10ClN3O/c1-6(4-14)13-3-2-7-8(10)11-5-12-9(7)13/h2-3,5-6,14H,4H2,1H3. The summed E-state index contributed by atoms with van der Waals surface area (Å²) >= 11 is 5.89. The summed E-state index contributed by atoms with van der Waals surface area (Å²) in [5.41, 5.74) is 0.756. The van der Waals surface area contributed by atoms with Gasteiger partial charge in [-0.15, -0.1) is 0 Å². The van der Waals surface area contributed by atoms with Crippen molar-refractivity contribution in [3.8, 4) is 0 Å². The third-order valence-electron chi connectivity index (χ3n) is 2.20. The van der Waals surface area contributed by atoms with Gasteiger partial charge in [-0.1, -0.05) is 11.6 Å². The molecule has 0 saturated carbocycles. The lowest BCUT2D eigenvalue weighted by molar-refractivity contribution is 0.241. The van der Waals surface area contributed by atoms with E-state index >= 15 is 0 Å². The molecule has 2 aromatic heterocycles. The first-order chi connectivity index (χ1) is 6.74. The lowest BCUT2D eigenvalue weighted by Gasteiger charge is -2.10. The first-order valence-corrected chi connectivity index (χ1v) is 4.69. The fraction of sp³-hybridized carbons (Fsp3) is 0.333. The van der Waals surface area contributed by atoms with E-state index in [-0.39, 0.29) is 12.6 Å². The molecule has 0 amide bonds. The molecule has 0 saturated heterocycles. The topological polar surface area (TPSA) is 50.9 Å². The molecule has 0 spiro atoms. The molecular weight excluding hydrogens is 202 g/mol. The molecule has 5 heteroatoms. The Balaban J connectivity index is 2.63. The number of halogens is 1. The molecule has 74 valence electrons. The molecule has 0 radical (unpaired) electrons. The van der Waals surface area contributed by atoms with Gasteiger partial charge in [0, 0.05) is 6.20 Å². The minimum Gasteiger partial charge on any atom is -0.394 e. The molecule has 0 aromatic carbocycles. The highest BCUT2D eigenvalue weighted by Gasteiger charge is 2.10. The van der Waals surface area contributed by atoms with Crippen LogP contribution in [0.15, 0.2) is 18.6 Å². The monoisotopic (exact) mass is 211 g/mol. The number of hydrogen-bond donors (Lipinski definition) is 1. The zero-order valence-electron chi connectivity index (χ0n) is 7.68. The van der Waals surface area contributed by atoms with E-state index in [2.05, 4.69) is 9.97 Å². The lowest BCUT2D eigenvalue weighted by atomic mass is 10.3. The second-order valence-electron chi connectivity index (χ2n) is 3.16. The van der Waals surface area contributed by atoms with Gasteiger partial charge in [0.25, 0.3) is 0 Å². The highest BCUT2D eigenvalue weighted by atomic mass is 35.5. The predicted octanol–water partition coefficient (Wildman–Crippen LogP) is 1.64. The maximum atomic E-state index is 9.04. The molecular formula is C9H10ClN3O. The van der Waals surface area contributed by atoms with Crippen molar-refractivity contribution in [3.63, 3.8) is 0 Å². The van der Waals surface area contributed by atoms with E-state index in [1.54, 1.807) is 0 Å². The summed E-state index contributed by atoms with van der Waals surface area (Å²) in [6.07, 6.45) is 3.28. The van der Waals surface area contributed by atoms with E-state index in [1.807, 2.05) is 23.8 Å². The smallest absolute Gasteiger partial charge is 0.145 e. The average Bonchev–Trinajstić information content (AvgIpc) is 2.62. The van der Waals surface area contributed by atoms with E-state index < -0.39 is 0 Å². The quantitative estimate of drug-likeness (QED) is 0.769. The van der Waals surface area contributed by atoms with E-state index in [4.69, 9.17) is 16.7 Å². The number of rotatable bonds is 2. The van der Waals surface area contributed by atoms with Gasteiger partial charge in [-0.05, 0) is 13.0 Å². The number of aliphatic hydroxyl groups excluding tert-OH is 1. The first kappa shape index (κ1) is 9.43. The zero-order chi connectivity index (χ0) is 10.1. The molecule has 0 bridgehead atoms. The second-order valence-corrected chi connectivity index (χ2v) is 3.51. The summed E-state index contributed by atoms with van der Waals surface area (Å²) in [5.74, 6) is 0. The van der Waals surface area contributed by atoms with Crippen molar-refractivity contribution < 1.29 is 5.11 Å². The first-order valence-electron chi connectivity index (χ1n) is 4.32. The molecule has 2 heterocycles. The molecule has 2 aromatic rings. The van der Waals surface area contributed by atoms with Crippen LogP contribution < -0.4 is 0 Å². The van der Waals surface area contributed by atoms with Gasteiger partial charge in [0.15, 0.2) is 0 Å². The predicted molar refractivity (Wildman–Crippen MR) is 54.3 cm³/mol. The fourth-order valence-electron chi connectivity index (χ4n) is 1.38. The van der Waals surface area contributed by atoms with Gasteiger partial charge in [-0.3, -0.25) is 0 Å². The largest absolute Gasteiger partial charge is 0.394 e. The number of nitrogens with zero attached hydrogens (tertiary/aromatic N) is 3. The van der Waals surface area contributed by atoms with Crippen LogP contribution in [0.4, 0.5) is 0 Å². The Morgan fingerprint density at radius 1 is 1.57 bits per heavy atom. The number of fused-ring (bicyclic) bond motifs is 1. The number of hydrogen-bond acceptors (Lipinski definition) is 3. The molecule has 14 heavy (non-hydrogen) atoms. The Bertz CT molecular complexity index is 454. The van der Waals surface area contributed by atoms with Crippen molar-refractivity contribution >= 4 is 22.6 Å². The molecule has 0 fully saturated rings. The number of aliphatic hydroxyl groups is 1. The minimum atomic E-state index is -0.00142. The Kier molecular flexibility index (Phi) is 2.39. The van der Waals surface area contributed by atoms with Gasteiger partial charge in [0.2, 0.25) is 0 Å². The summed E-state index contributed by atoms with van der Waals surface area (Å²) in [5, 5.41) is 10.3. The van der Waals surface area contributed by atoms with E-state index in [0.29, 0.717) is 5.15 Å². The lowest BCUT2D eigenvalue weighted by Crippen LogP contribution is -2.08. The van der Waals surface area contributed by atoms with Crippen molar-refractivity contribution in [1.29, 1.82) is 0 Å². The van der Waals surface area contributed by atoms with Gasteiger partial charge in [-0.25, -0.2) is 9.97 Å². The van der Waals surface area contributed by atoms with Crippen molar-refractivity contribution in [2.24, 2.45) is 0 Å². The van der Waals surface area contributed by atoms with Gasteiger partial charge < -0.3 is 9.67 Å². The highest BCUT2D eigenvalue weighted by Crippen LogP contribution is 2.22. The summed E-state index contributed by atoms with van der Waals surface area (Å²) in [6, 6.07) is 1.85. The summed E-state index contributed by atoms with van der Waals surface area (Å²) < 4.78 is 1.88. The molecule has 1 unspecified atom stereocenters. The zero-order valence-corrected chi connectivity index (χ0v) is 8.44. The molecule has 0 aliphatic carbocycles. The van der Waals surface area contributed by atoms with Crippen LogP contribution in [0.5, 0.6) is 0 Å². The molecule has 0 aliphatic rings.